The fourth-order valence-corrected chi connectivity index (χ4v) is 2.40. The van der Waals surface area contributed by atoms with Crippen LogP contribution < -0.4 is 0 Å². The van der Waals surface area contributed by atoms with Crippen molar-refractivity contribution in [2.45, 2.75) is 19.8 Å². The monoisotopic (exact) mass is 394 g/mol. The molecule has 0 atom stereocenters. The summed E-state index contributed by atoms with van der Waals surface area (Å²) in [5.74, 6) is 8.04. The lowest BCUT2D eigenvalue weighted by Gasteiger charge is -2.32. The molecule has 1 fully saturated rings. The van der Waals surface area contributed by atoms with Gasteiger partial charge < -0.3 is 9.55 Å². The Morgan fingerprint density at radius 3 is 2.86 bits per heavy atom. The Morgan fingerprint density at radius 2 is 2.24 bits per heavy atom. The van der Waals surface area contributed by atoms with Crippen LogP contribution in [0.3, 0.4) is 0 Å². The van der Waals surface area contributed by atoms with Crippen LogP contribution in [-0.2, 0) is 9.53 Å². The van der Waals surface area contributed by atoms with Crippen LogP contribution in [0.25, 0.3) is 0 Å². The predicted octanol–water partition coefficient (Wildman–Crippen LogP) is 1.35. The summed E-state index contributed by atoms with van der Waals surface area (Å²) in [6.45, 7) is 6.54. The number of terminal acetylenes is 1. The number of amides is 1. The molecule has 0 spiro atoms. The third-order valence-electron chi connectivity index (χ3n) is 3.98. The first-order valence-corrected chi connectivity index (χ1v) is 9.03. The van der Waals surface area contributed by atoms with E-state index in [0.29, 0.717) is 25.3 Å². The lowest BCUT2D eigenvalue weighted by molar-refractivity contribution is -0.129. The first-order chi connectivity index (χ1) is 13.9. The Balaban J connectivity index is 2.79. The first kappa shape index (κ1) is 23.9. The summed E-state index contributed by atoms with van der Waals surface area (Å²) in [5, 5.41) is 8.69. The number of nitrogens with zero attached hydrogens (tertiary/aromatic N) is 4. The zero-order valence-corrected chi connectivity index (χ0v) is 16.9. The summed E-state index contributed by atoms with van der Waals surface area (Å²) in [4.78, 5) is 20.2. The number of allylic oxidation sites excluding steroid dienone is 3. The van der Waals surface area contributed by atoms with Crippen LogP contribution >= 0.6 is 0 Å². The molecule has 1 saturated heterocycles. The van der Waals surface area contributed by atoms with Crippen LogP contribution in [0.15, 0.2) is 40.7 Å². The topological polar surface area (TPSA) is 68.9 Å². The number of aliphatic imine (C=N–C) groups is 1. The van der Waals surface area contributed by atoms with Crippen molar-refractivity contribution in [1.29, 1.82) is 5.26 Å². The minimum Gasteiger partial charge on any atom is -0.354 e. The Hall–Kier alpha value is -3.12. The van der Waals surface area contributed by atoms with Crippen LogP contribution in [0.2, 0.25) is 0 Å². The molecule has 1 aliphatic heterocycles. The minimum absolute atomic E-state index is 0.0151. The van der Waals surface area contributed by atoms with Crippen LogP contribution in [0.1, 0.15) is 19.8 Å². The second-order valence-electron chi connectivity index (χ2n) is 6.19. The van der Waals surface area contributed by atoms with Crippen LogP contribution in [0, 0.1) is 35.5 Å². The van der Waals surface area contributed by atoms with E-state index in [1.54, 1.807) is 24.0 Å². The minimum atomic E-state index is -0.586. The highest BCUT2D eigenvalue weighted by Crippen LogP contribution is 2.14. The number of carbonyl (C=O) groups excluding carboxylic acids is 1. The highest BCUT2D eigenvalue weighted by atomic mass is 19.1. The van der Waals surface area contributed by atoms with Crippen LogP contribution in [-0.4, -0.2) is 62.4 Å². The number of ether oxygens (including phenoxy) is 1. The third-order valence-corrected chi connectivity index (χ3v) is 3.98. The molecule has 0 aromatic rings. The van der Waals surface area contributed by atoms with Crippen molar-refractivity contribution >= 4 is 19.7 Å². The molecular formula is C21H24BFN4O2. The molecule has 8 heteroatoms. The number of halogens is 1. The molecule has 0 bridgehead atoms. The summed E-state index contributed by atoms with van der Waals surface area (Å²) in [5.41, 5.74) is 0.295. The molecule has 0 N–H and O–H groups in total. The Kier molecular flexibility index (Phi) is 10.8. The maximum atomic E-state index is 14.1. The molecule has 6 nitrogen and oxygen atoms in total. The molecule has 0 unspecified atom stereocenters. The lowest BCUT2D eigenvalue weighted by Crippen LogP contribution is -2.51. The number of hydrogen-bond acceptors (Lipinski definition) is 5. The van der Waals surface area contributed by atoms with Crippen molar-refractivity contribution in [3.63, 3.8) is 0 Å². The summed E-state index contributed by atoms with van der Waals surface area (Å²) < 4.78 is 19.5. The molecule has 29 heavy (non-hydrogen) atoms. The molecule has 0 aromatic heterocycles. The van der Waals surface area contributed by atoms with E-state index in [2.05, 4.69) is 29.3 Å². The maximum Gasteiger partial charge on any atom is 0.241 e. The molecule has 0 aliphatic carbocycles. The van der Waals surface area contributed by atoms with Gasteiger partial charge in [0.25, 0.3) is 0 Å². The quantitative estimate of drug-likeness (QED) is 0.124. The third kappa shape index (κ3) is 8.62. The van der Waals surface area contributed by atoms with Gasteiger partial charge in [-0.2, -0.15) is 5.26 Å². The second-order valence-corrected chi connectivity index (χ2v) is 6.19. The second kappa shape index (κ2) is 13.1. The fourth-order valence-electron chi connectivity index (χ4n) is 2.40. The van der Waals surface area contributed by atoms with Gasteiger partial charge in [0.1, 0.15) is 18.4 Å². The van der Waals surface area contributed by atoms with Crippen molar-refractivity contribution in [1.82, 2.24) is 9.71 Å². The number of piperazine rings is 1. The average molecular weight is 394 g/mol. The van der Waals surface area contributed by atoms with Gasteiger partial charge in [0.2, 0.25) is 5.91 Å². The molecule has 150 valence electrons. The molecular weight excluding hydrogens is 370 g/mol. The van der Waals surface area contributed by atoms with Crippen molar-refractivity contribution in [3.8, 4) is 30.3 Å². The summed E-state index contributed by atoms with van der Waals surface area (Å²) >= 11 is 0. The molecule has 0 saturated carbocycles. The van der Waals surface area contributed by atoms with Gasteiger partial charge in [-0.15, -0.1) is 6.42 Å². The first-order valence-electron chi connectivity index (χ1n) is 9.03. The maximum absolute atomic E-state index is 14.1. The average Bonchev–Trinajstić information content (AvgIpc) is 2.69. The summed E-state index contributed by atoms with van der Waals surface area (Å²) in [6, 6.07) is 1.76. The van der Waals surface area contributed by atoms with E-state index in [9.17, 15) is 9.18 Å². The van der Waals surface area contributed by atoms with Gasteiger partial charge in [0.05, 0.1) is 32.1 Å². The van der Waals surface area contributed by atoms with Crippen molar-refractivity contribution < 1.29 is 13.9 Å². The number of carbonyl (C=O) groups is 1. The molecule has 0 aromatic carbocycles. The van der Waals surface area contributed by atoms with E-state index in [-0.39, 0.29) is 36.8 Å². The van der Waals surface area contributed by atoms with Gasteiger partial charge in [0.15, 0.2) is 7.98 Å². The van der Waals surface area contributed by atoms with Gasteiger partial charge in [-0.05, 0) is 13.0 Å². The smallest absolute Gasteiger partial charge is 0.241 e. The predicted molar refractivity (Wildman–Crippen MR) is 114 cm³/mol. The van der Waals surface area contributed by atoms with E-state index in [4.69, 9.17) is 16.4 Å². The standard InChI is InChI=1S/C21H24BFN4O2/c1-4-6-7-8-9-20(27-11-10-26(22)14-21(27)28)25-16-29-15-18(5-2)19(23)12-17(3)13-24/h1,5,12H,3,6,9-11,14-16,22H2,2H3/b18-5-,19-12+,25-20+. The molecule has 1 heterocycles. The zero-order valence-electron chi connectivity index (χ0n) is 16.9. The van der Waals surface area contributed by atoms with E-state index < -0.39 is 5.83 Å². The molecule has 1 rings (SSSR count). The van der Waals surface area contributed by atoms with Crippen molar-refractivity contribution in [3.05, 3.63) is 35.7 Å². The summed E-state index contributed by atoms with van der Waals surface area (Å²) in [7, 11) is 1.88. The van der Waals surface area contributed by atoms with E-state index in [0.717, 1.165) is 12.6 Å². The van der Waals surface area contributed by atoms with E-state index >= 15 is 0 Å². The van der Waals surface area contributed by atoms with Crippen LogP contribution in [0.5, 0.6) is 0 Å². The normalized spacial score (nSPS) is 15.9. The van der Waals surface area contributed by atoms with Gasteiger partial charge in [0, 0.05) is 24.2 Å². The van der Waals surface area contributed by atoms with Gasteiger partial charge >= 0.3 is 0 Å². The Labute approximate surface area is 172 Å². The number of hydrogen-bond donors (Lipinski definition) is 0. The van der Waals surface area contributed by atoms with Gasteiger partial charge in [-0.1, -0.05) is 30.4 Å². The lowest BCUT2D eigenvalue weighted by atomic mass is 10.2. The number of rotatable bonds is 7. The van der Waals surface area contributed by atoms with Gasteiger partial charge in [-0.25, -0.2) is 9.38 Å². The van der Waals surface area contributed by atoms with E-state index in [1.807, 2.05) is 12.8 Å². The highest BCUT2D eigenvalue weighted by Gasteiger charge is 2.24. The van der Waals surface area contributed by atoms with E-state index in [1.165, 1.54) is 0 Å². The number of nitriles is 1. The molecule has 0 radical (unpaired) electrons. The SMILES string of the molecule is BN1CCN(/C(CC#CCC#C)=N/COCC(=C/C)/C(F)=C\C(=C)C#N)C(=O)C1. The van der Waals surface area contributed by atoms with Crippen LogP contribution in [0.4, 0.5) is 4.39 Å². The Morgan fingerprint density at radius 1 is 1.48 bits per heavy atom. The fraction of sp³-hybridized carbons (Fsp3) is 0.381. The van der Waals surface area contributed by atoms with Gasteiger partial charge in [-0.3, -0.25) is 9.69 Å². The summed E-state index contributed by atoms with van der Waals surface area (Å²) in [6.07, 6.45) is 8.39. The number of amidine groups is 1. The largest absolute Gasteiger partial charge is 0.354 e. The molecule has 1 aliphatic rings. The zero-order chi connectivity index (χ0) is 21.6. The Bertz CT molecular complexity index is 853. The van der Waals surface area contributed by atoms with Crippen molar-refractivity contribution in [2.24, 2.45) is 4.99 Å². The molecule has 1 amide bonds. The van der Waals surface area contributed by atoms with Crippen molar-refractivity contribution in [2.75, 3.05) is 33.0 Å². The highest BCUT2D eigenvalue weighted by molar-refractivity contribution is 6.08.